The number of hydrogen-bond donors (Lipinski definition) is 3. The number of carbonyl (C=O) groups excluding carboxylic acids is 1. The van der Waals surface area contributed by atoms with E-state index in [1.807, 2.05) is 25.1 Å². The van der Waals surface area contributed by atoms with Crippen molar-refractivity contribution in [1.29, 1.82) is 0 Å². The third-order valence-electron chi connectivity index (χ3n) is 3.91. The van der Waals surface area contributed by atoms with Gasteiger partial charge in [-0.1, -0.05) is 12.1 Å². The van der Waals surface area contributed by atoms with Crippen LogP contribution in [0.1, 0.15) is 12.0 Å². The number of amides is 1. The molecule has 0 radical (unpaired) electrons. The van der Waals surface area contributed by atoms with Crippen LogP contribution >= 0.6 is 0 Å². The lowest BCUT2D eigenvalue weighted by atomic mass is 10.1. The smallest absolute Gasteiger partial charge is 0.321 e. The number of carboxylic acid groups (broad SMARTS) is 1. The normalized spacial score (nSPS) is 16.5. The summed E-state index contributed by atoms with van der Waals surface area (Å²) >= 11 is 0. The van der Waals surface area contributed by atoms with E-state index < -0.39 is 12.0 Å². The van der Waals surface area contributed by atoms with Crippen LogP contribution in [0, 0.1) is 6.92 Å². The van der Waals surface area contributed by atoms with Gasteiger partial charge in [0.2, 0.25) is 5.91 Å². The topological polar surface area (TPSA) is 90.9 Å². The molecule has 7 heteroatoms. The molecule has 1 heterocycles. The number of carboxylic acids is 1. The molecule has 1 aromatic rings. The number of anilines is 1. The van der Waals surface area contributed by atoms with Crippen molar-refractivity contribution in [2.75, 3.05) is 44.7 Å². The maximum absolute atomic E-state index is 12.1. The molecule has 1 aliphatic rings. The first kappa shape index (κ1) is 18.4. The van der Waals surface area contributed by atoms with Gasteiger partial charge in [-0.2, -0.15) is 0 Å². The Morgan fingerprint density at radius 1 is 1.33 bits per heavy atom. The third kappa shape index (κ3) is 6.27. The molecule has 0 bridgehead atoms. The maximum Gasteiger partial charge on any atom is 0.321 e. The van der Waals surface area contributed by atoms with Crippen LogP contribution < -0.4 is 10.6 Å². The molecular weight excluding hydrogens is 310 g/mol. The first-order chi connectivity index (χ1) is 11.5. The molecule has 0 unspecified atom stereocenters. The molecule has 1 saturated heterocycles. The highest BCUT2D eigenvalue weighted by molar-refractivity contribution is 5.94. The van der Waals surface area contributed by atoms with E-state index in [1.54, 1.807) is 6.07 Å². The molecule has 0 aliphatic carbocycles. The summed E-state index contributed by atoms with van der Waals surface area (Å²) in [6.45, 7) is 6.33. The second-order valence-corrected chi connectivity index (χ2v) is 5.92. The zero-order valence-electron chi connectivity index (χ0n) is 14.0. The highest BCUT2D eigenvalue weighted by Gasteiger charge is 2.21. The van der Waals surface area contributed by atoms with Crippen molar-refractivity contribution in [3.63, 3.8) is 0 Å². The molecule has 0 aromatic heterocycles. The maximum atomic E-state index is 12.1. The van der Waals surface area contributed by atoms with Crippen LogP contribution in [0.5, 0.6) is 0 Å². The zero-order valence-corrected chi connectivity index (χ0v) is 14.0. The molecule has 1 aliphatic heterocycles. The van der Waals surface area contributed by atoms with Crippen LogP contribution in [0.3, 0.4) is 0 Å². The van der Waals surface area contributed by atoms with Crippen LogP contribution in [0.15, 0.2) is 24.3 Å². The van der Waals surface area contributed by atoms with Gasteiger partial charge in [-0.15, -0.1) is 0 Å². The predicted octanol–water partition coefficient (Wildman–Crippen LogP) is 0.699. The molecule has 2 rings (SSSR count). The Balaban J connectivity index is 1.77. The number of hydrogen-bond acceptors (Lipinski definition) is 5. The average Bonchev–Trinajstić information content (AvgIpc) is 2.54. The van der Waals surface area contributed by atoms with Crippen LogP contribution in [-0.2, 0) is 14.3 Å². The van der Waals surface area contributed by atoms with Crippen LogP contribution in [0.4, 0.5) is 5.69 Å². The summed E-state index contributed by atoms with van der Waals surface area (Å²) in [4.78, 5) is 25.6. The fraction of sp³-hybridized carbons (Fsp3) is 0.529. The number of benzene rings is 1. The molecule has 3 N–H and O–H groups in total. The Morgan fingerprint density at radius 2 is 2.08 bits per heavy atom. The first-order valence-electron chi connectivity index (χ1n) is 8.17. The Bertz CT molecular complexity index is 559. The van der Waals surface area contributed by atoms with E-state index in [0.29, 0.717) is 25.4 Å². The zero-order chi connectivity index (χ0) is 17.4. The highest BCUT2D eigenvalue weighted by atomic mass is 16.5. The number of nitrogens with one attached hydrogen (secondary N) is 2. The largest absolute Gasteiger partial charge is 0.480 e. The molecular formula is C17H25N3O4. The van der Waals surface area contributed by atoms with Crippen molar-refractivity contribution >= 4 is 17.6 Å². The number of rotatable bonds is 8. The van der Waals surface area contributed by atoms with Crippen molar-refractivity contribution in [3.8, 4) is 0 Å². The Morgan fingerprint density at radius 3 is 2.75 bits per heavy atom. The van der Waals surface area contributed by atoms with Gasteiger partial charge in [0, 0.05) is 31.9 Å². The van der Waals surface area contributed by atoms with E-state index in [1.165, 1.54) is 0 Å². The lowest BCUT2D eigenvalue weighted by Gasteiger charge is -2.27. The molecule has 24 heavy (non-hydrogen) atoms. The summed E-state index contributed by atoms with van der Waals surface area (Å²) in [7, 11) is 0. The fourth-order valence-electron chi connectivity index (χ4n) is 2.59. The minimum Gasteiger partial charge on any atom is -0.480 e. The van der Waals surface area contributed by atoms with Gasteiger partial charge in [0.05, 0.1) is 19.6 Å². The number of aryl methyl sites for hydroxylation is 1. The van der Waals surface area contributed by atoms with Gasteiger partial charge in [0.25, 0.3) is 0 Å². The fourth-order valence-corrected chi connectivity index (χ4v) is 2.59. The molecule has 132 valence electrons. The second kappa shape index (κ2) is 9.36. The summed E-state index contributed by atoms with van der Waals surface area (Å²) in [6, 6.07) is 6.52. The van der Waals surface area contributed by atoms with Gasteiger partial charge < -0.3 is 20.5 Å². The Labute approximate surface area is 142 Å². The molecule has 0 saturated carbocycles. The Hall–Kier alpha value is -1.96. The molecule has 1 aromatic carbocycles. The quantitative estimate of drug-likeness (QED) is 0.648. The first-order valence-corrected chi connectivity index (χ1v) is 8.17. The average molecular weight is 335 g/mol. The van der Waals surface area contributed by atoms with Gasteiger partial charge >= 0.3 is 5.97 Å². The summed E-state index contributed by atoms with van der Waals surface area (Å²) in [5.74, 6) is -1.33. The van der Waals surface area contributed by atoms with Crippen molar-refractivity contribution in [2.24, 2.45) is 0 Å². The number of nitrogens with zero attached hydrogens (tertiary/aromatic N) is 1. The molecule has 1 fully saturated rings. The number of ether oxygens (including phenoxy) is 1. The van der Waals surface area contributed by atoms with Crippen LogP contribution in [-0.4, -0.2) is 67.3 Å². The van der Waals surface area contributed by atoms with E-state index in [4.69, 9.17) is 4.74 Å². The lowest BCUT2D eigenvalue weighted by molar-refractivity contribution is -0.141. The van der Waals surface area contributed by atoms with Gasteiger partial charge in [0.15, 0.2) is 0 Å². The number of carbonyl (C=O) groups is 2. The van der Waals surface area contributed by atoms with Gasteiger partial charge in [0.1, 0.15) is 6.04 Å². The van der Waals surface area contributed by atoms with Crippen molar-refractivity contribution < 1.29 is 19.4 Å². The monoisotopic (exact) mass is 335 g/mol. The van der Waals surface area contributed by atoms with Gasteiger partial charge in [-0.3, -0.25) is 14.5 Å². The van der Waals surface area contributed by atoms with E-state index in [0.717, 1.165) is 25.2 Å². The SMILES string of the molecule is Cc1cccc(NC(=O)C[C@H](NCCN2CCOCC2)C(=O)O)c1. The molecule has 7 nitrogen and oxygen atoms in total. The van der Waals surface area contributed by atoms with E-state index in [2.05, 4.69) is 15.5 Å². The second-order valence-electron chi connectivity index (χ2n) is 5.92. The van der Waals surface area contributed by atoms with Gasteiger partial charge in [-0.25, -0.2) is 0 Å². The molecule has 1 amide bonds. The minimum absolute atomic E-state index is 0.105. The van der Waals surface area contributed by atoms with Crippen molar-refractivity contribution in [3.05, 3.63) is 29.8 Å². The van der Waals surface area contributed by atoms with E-state index >= 15 is 0 Å². The third-order valence-corrected chi connectivity index (χ3v) is 3.91. The summed E-state index contributed by atoms with van der Waals surface area (Å²) in [5.41, 5.74) is 1.71. The lowest BCUT2D eigenvalue weighted by Crippen LogP contribution is -2.45. The van der Waals surface area contributed by atoms with Crippen LogP contribution in [0.25, 0.3) is 0 Å². The number of aliphatic carboxylic acids is 1. The summed E-state index contributed by atoms with van der Waals surface area (Å²) in [6.07, 6.45) is -0.105. The minimum atomic E-state index is -1.02. The molecule has 1 atom stereocenters. The highest BCUT2D eigenvalue weighted by Crippen LogP contribution is 2.10. The van der Waals surface area contributed by atoms with Gasteiger partial charge in [-0.05, 0) is 24.6 Å². The molecule has 0 spiro atoms. The van der Waals surface area contributed by atoms with E-state index in [-0.39, 0.29) is 12.3 Å². The standard InChI is InChI=1S/C17H25N3O4/c1-13-3-2-4-14(11-13)19-16(21)12-15(17(22)23)18-5-6-20-7-9-24-10-8-20/h2-4,11,15,18H,5-10,12H2,1H3,(H,19,21)(H,22,23)/t15-/m0/s1. The number of morpholine rings is 1. The van der Waals surface area contributed by atoms with E-state index in [9.17, 15) is 14.7 Å². The predicted molar refractivity (Wildman–Crippen MR) is 91.1 cm³/mol. The van der Waals surface area contributed by atoms with Crippen molar-refractivity contribution in [1.82, 2.24) is 10.2 Å². The summed E-state index contributed by atoms with van der Waals surface area (Å²) in [5, 5.41) is 15.0. The van der Waals surface area contributed by atoms with Crippen molar-refractivity contribution in [2.45, 2.75) is 19.4 Å². The summed E-state index contributed by atoms with van der Waals surface area (Å²) < 4.78 is 5.27. The van der Waals surface area contributed by atoms with Crippen LogP contribution in [0.2, 0.25) is 0 Å². The Kier molecular flexibility index (Phi) is 7.17.